The molecule has 0 aliphatic heterocycles. The van der Waals surface area contributed by atoms with Crippen LogP contribution in [0.2, 0.25) is 0 Å². The minimum atomic E-state index is 1.31. The van der Waals surface area contributed by atoms with Gasteiger partial charge in [-0.2, -0.15) is 0 Å². The molecule has 0 fully saturated rings. The molecule has 3 rings (SSSR count). The molecule has 94 valence electrons. The summed E-state index contributed by atoms with van der Waals surface area (Å²) < 4.78 is 0. The Bertz CT molecular complexity index is 616. The standard InChI is InChI=1S/C17H15S2/c1-12-3-7-14(8-4-12)16-11-17(19-18-16)15-9-5-13(2)6-10-15/h3-11H,1-2H3/q+1. The zero-order valence-electron chi connectivity index (χ0n) is 11.0. The maximum Gasteiger partial charge on any atom is 0.301 e. The fraction of sp³-hybridized carbons (Fsp3) is 0.118. The SMILES string of the molecule is Cc1ccc(-c2cc(-c3ccc(C)cc3)[s+]s2)cc1. The molecule has 2 heteroatoms. The van der Waals surface area contributed by atoms with Crippen molar-refractivity contribution in [3.05, 3.63) is 65.7 Å². The topological polar surface area (TPSA) is 0 Å². The first-order valence-electron chi connectivity index (χ1n) is 6.29. The van der Waals surface area contributed by atoms with E-state index in [1.807, 2.05) is 20.7 Å². The van der Waals surface area contributed by atoms with Gasteiger partial charge in [-0.15, -0.1) is 0 Å². The van der Waals surface area contributed by atoms with Gasteiger partial charge >= 0.3 is 10.3 Å². The van der Waals surface area contributed by atoms with Gasteiger partial charge in [0.2, 0.25) is 0 Å². The molecule has 2 aromatic carbocycles. The van der Waals surface area contributed by atoms with Crippen LogP contribution in [0.3, 0.4) is 0 Å². The molecule has 19 heavy (non-hydrogen) atoms. The first-order chi connectivity index (χ1) is 9.22. The van der Waals surface area contributed by atoms with Crippen LogP contribution in [0.15, 0.2) is 54.6 Å². The van der Waals surface area contributed by atoms with Crippen LogP contribution in [-0.4, -0.2) is 0 Å². The average molecular weight is 283 g/mol. The molecule has 0 saturated carbocycles. The minimum Gasteiger partial charge on any atom is -0.0587 e. The van der Waals surface area contributed by atoms with E-state index < -0.39 is 0 Å². The highest BCUT2D eigenvalue weighted by molar-refractivity contribution is 7.72. The molecule has 1 heterocycles. The van der Waals surface area contributed by atoms with Crippen LogP contribution in [0.5, 0.6) is 0 Å². The lowest BCUT2D eigenvalue weighted by molar-refractivity contribution is 1.47. The molecule has 0 atom stereocenters. The molecule has 0 bridgehead atoms. The van der Waals surface area contributed by atoms with Gasteiger partial charge < -0.3 is 0 Å². The van der Waals surface area contributed by atoms with Crippen molar-refractivity contribution in [3.63, 3.8) is 0 Å². The molecular formula is C17H15S2+. The maximum absolute atomic E-state index is 2.30. The quantitative estimate of drug-likeness (QED) is 0.397. The zero-order valence-corrected chi connectivity index (χ0v) is 12.6. The number of rotatable bonds is 2. The van der Waals surface area contributed by atoms with Crippen molar-refractivity contribution < 1.29 is 0 Å². The summed E-state index contributed by atoms with van der Waals surface area (Å²) in [4.78, 5) is 2.70. The molecule has 0 saturated heterocycles. The van der Waals surface area contributed by atoms with E-state index in [1.54, 1.807) is 0 Å². The molecule has 0 N–H and O–H groups in total. The normalized spacial score (nSPS) is 10.6. The predicted octanol–water partition coefficient (Wildman–Crippen LogP) is 6.04. The van der Waals surface area contributed by atoms with Crippen LogP contribution in [-0.2, 0) is 0 Å². The molecule has 0 amide bonds. The summed E-state index contributed by atoms with van der Waals surface area (Å²) in [5, 5.41) is 0. The van der Waals surface area contributed by atoms with E-state index in [4.69, 9.17) is 0 Å². The van der Waals surface area contributed by atoms with Crippen LogP contribution >= 0.6 is 20.7 Å². The van der Waals surface area contributed by atoms with Crippen LogP contribution in [0.4, 0.5) is 0 Å². The Morgan fingerprint density at radius 3 is 1.84 bits per heavy atom. The molecule has 1 aromatic heterocycles. The molecule has 0 radical (unpaired) electrons. The van der Waals surface area contributed by atoms with Crippen LogP contribution in [0.1, 0.15) is 11.1 Å². The molecule has 0 nitrogen and oxygen atoms in total. The maximum atomic E-state index is 2.30. The van der Waals surface area contributed by atoms with Gasteiger partial charge in [0, 0.05) is 11.6 Å². The lowest BCUT2D eigenvalue weighted by atomic mass is 10.1. The van der Waals surface area contributed by atoms with Crippen LogP contribution in [0, 0.1) is 13.8 Å². The second-order valence-electron chi connectivity index (χ2n) is 4.77. The number of benzene rings is 2. The predicted molar refractivity (Wildman–Crippen MR) is 86.9 cm³/mol. The fourth-order valence-corrected chi connectivity index (χ4v) is 4.41. The summed E-state index contributed by atoms with van der Waals surface area (Å²) in [6.45, 7) is 4.25. The summed E-state index contributed by atoms with van der Waals surface area (Å²) in [6, 6.07) is 19.8. The van der Waals surface area contributed by atoms with E-state index >= 15 is 0 Å². The lowest BCUT2D eigenvalue weighted by Gasteiger charge is -1.95. The second kappa shape index (κ2) is 5.24. The number of hydrogen-bond acceptors (Lipinski definition) is 1. The summed E-state index contributed by atoms with van der Waals surface area (Å²) >= 11 is 0. The summed E-state index contributed by atoms with van der Waals surface area (Å²) in [5.74, 6) is 0. The molecule has 0 spiro atoms. The van der Waals surface area contributed by atoms with E-state index in [1.165, 1.54) is 32.0 Å². The highest BCUT2D eigenvalue weighted by atomic mass is 32.9. The Morgan fingerprint density at radius 1 is 0.737 bits per heavy atom. The fourth-order valence-electron chi connectivity index (χ4n) is 1.96. The van der Waals surface area contributed by atoms with Gasteiger partial charge in [0.1, 0.15) is 0 Å². The van der Waals surface area contributed by atoms with Gasteiger partial charge in [0.15, 0.2) is 10.3 Å². The van der Waals surface area contributed by atoms with Crippen molar-refractivity contribution in [1.29, 1.82) is 0 Å². The first kappa shape index (κ1) is 12.5. The van der Waals surface area contributed by atoms with Crippen LogP contribution in [0.25, 0.3) is 20.9 Å². The van der Waals surface area contributed by atoms with Crippen molar-refractivity contribution in [1.82, 2.24) is 0 Å². The third-order valence-electron chi connectivity index (χ3n) is 3.16. The lowest BCUT2D eigenvalue weighted by Crippen LogP contribution is -1.75. The Kier molecular flexibility index (Phi) is 3.45. The van der Waals surface area contributed by atoms with Gasteiger partial charge in [-0.05, 0) is 31.5 Å². The average Bonchev–Trinajstić information content (AvgIpc) is 2.90. The highest BCUT2D eigenvalue weighted by Crippen LogP contribution is 2.37. The first-order valence-corrected chi connectivity index (χ1v) is 8.44. The van der Waals surface area contributed by atoms with Crippen molar-refractivity contribution in [2.75, 3.05) is 0 Å². The smallest absolute Gasteiger partial charge is 0.0587 e. The van der Waals surface area contributed by atoms with E-state index in [9.17, 15) is 0 Å². The van der Waals surface area contributed by atoms with E-state index in [0.717, 1.165) is 0 Å². The van der Waals surface area contributed by atoms with Crippen LogP contribution < -0.4 is 0 Å². The molecule has 3 aromatic rings. The Labute approximate surface area is 121 Å². The van der Waals surface area contributed by atoms with Gasteiger partial charge in [-0.25, -0.2) is 0 Å². The summed E-state index contributed by atoms with van der Waals surface area (Å²) in [6.07, 6.45) is 0. The Balaban J connectivity index is 1.95. The van der Waals surface area contributed by atoms with Gasteiger partial charge in [0.05, 0.1) is 4.88 Å². The summed E-state index contributed by atoms with van der Waals surface area (Å²) in [5.41, 5.74) is 5.24. The van der Waals surface area contributed by atoms with Crippen molar-refractivity contribution in [3.8, 4) is 20.9 Å². The molecular weight excluding hydrogens is 268 g/mol. The monoisotopic (exact) mass is 283 g/mol. The highest BCUT2D eigenvalue weighted by Gasteiger charge is 2.16. The second-order valence-corrected chi connectivity index (χ2v) is 6.98. The Hall–Kier alpha value is -1.51. The Morgan fingerprint density at radius 2 is 1.26 bits per heavy atom. The molecule has 0 aliphatic rings. The minimum absolute atomic E-state index is 1.31. The van der Waals surface area contributed by atoms with E-state index in [0.29, 0.717) is 0 Å². The third-order valence-corrected chi connectivity index (χ3v) is 5.63. The third kappa shape index (κ3) is 2.75. The largest absolute Gasteiger partial charge is 0.301 e. The van der Waals surface area contributed by atoms with E-state index in [2.05, 4.69) is 68.4 Å². The zero-order chi connectivity index (χ0) is 13.2. The summed E-state index contributed by atoms with van der Waals surface area (Å²) in [7, 11) is 3.70. The van der Waals surface area contributed by atoms with Crippen molar-refractivity contribution in [2.24, 2.45) is 0 Å². The molecule has 0 aliphatic carbocycles. The van der Waals surface area contributed by atoms with Gasteiger partial charge in [-0.3, -0.25) is 0 Å². The van der Waals surface area contributed by atoms with Crippen molar-refractivity contribution in [2.45, 2.75) is 13.8 Å². The van der Waals surface area contributed by atoms with E-state index in [-0.39, 0.29) is 0 Å². The number of aryl methyl sites for hydroxylation is 2. The van der Waals surface area contributed by atoms with Gasteiger partial charge in [0.25, 0.3) is 4.88 Å². The molecule has 0 unspecified atom stereocenters. The number of hydrogen-bond donors (Lipinski definition) is 0. The van der Waals surface area contributed by atoms with Gasteiger partial charge in [-0.1, -0.05) is 47.5 Å². The van der Waals surface area contributed by atoms with Crippen molar-refractivity contribution >= 4 is 20.7 Å².